The van der Waals surface area contributed by atoms with Crippen molar-refractivity contribution in [3.63, 3.8) is 0 Å². The summed E-state index contributed by atoms with van der Waals surface area (Å²) in [4.78, 5) is 0. The van der Waals surface area contributed by atoms with E-state index in [1.54, 1.807) is 7.69 Å². The average molecular weight is 179 g/mol. The molecule has 13 heavy (non-hydrogen) atoms. The third-order valence-electron chi connectivity index (χ3n) is 4.68. The molecule has 0 aromatic carbocycles. The highest BCUT2D eigenvalue weighted by Gasteiger charge is 2.64. The zero-order chi connectivity index (χ0) is 9.27. The second-order valence-corrected chi connectivity index (χ2v) is 5.65. The van der Waals surface area contributed by atoms with Crippen molar-refractivity contribution in [1.29, 1.82) is 0 Å². The van der Waals surface area contributed by atoms with Crippen LogP contribution in [0.15, 0.2) is 0 Å². The van der Waals surface area contributed by atoms with E-state index in [4.69, 9.17) is 9.31 Å². The fraction of sp³-hybridized carbons (Fsp3) is 1.00. The van der Waals surface area contributed by atoms with Crippen molar-refractivity contribution in [2.75, 3.05) is 0 Å². The van der Waals surface area contributed by atoms with E-state index in [-0.39, 0.29) is 5.60 Å². The number of rotatable bonds is 0. The molecule has 0 aromatic rings. The molecule has 1 heterocycles. The van der Waals surface area contributed by atoms with Crippen molar-refractivity contribution in [1.82, 2.24) is 0 Å². The van der Waals surface area contributed by atoms with E-state index in [0.717, 1.165) is 12.3 Å². The van der Waals surface area contributed by atoms with Gasteiger partial charge in [0, 0.05) is 0 Å². The SMILES string of the molecule is CC12CC3CC(C1O[B]O2)C3(C)C. The molecular formula is C10H16BO2. The van der Waals surface area contributed by atoms with E-state index in [1.807, 2.05) is 0 Å². The fourth-order valence-corrected chi connectivity index (χ4v) is 3.50. The normalized spacial score (nSPS) is 56.4. The molecule has 0 amide bonds. The minimum absolute atomic E-state index is 0.0108. The summed E-state index contributed by atoms with van der Waals surface area (Å²) in [6, 6.07) is 0. The Morgan fingerprint density at radius 3 is 2.77 bits per heavy atom. The topological polar surface area (TPSA) is 18.5 Å². The lowest BCUT2D eigenvalue weighted by Crippen LogP contribution is -2.63. The molecule has 4 fully saturated rings. The summed E-state index contributed by atoms with van der Waals surface area (Å²) in [5.74, 6) is 1.55. The van der Waals surface area contributed by atoms with Crippen LogP contribution in [0, 0.1) is 17.3 Å². The molecule has 4 rings (SSSR count). The van der Waals surface area contributed by atoms with Gasteiger partial charge < -0.3 is 9.31 Å². The van der Waals surface area contributed by atoms with Crippen molar-refractivity contribution >= 4 is 7.69 Å². The summed E-state index contributed by atoms with van der Waals surface area (Å²) in [6.45, 7) is 6.93. The summed E-state index contributed by atoms with van der Waals surface area (Å²) in [6.07, 6.45) is 2.81. The fourth-order valence-electron chi connectivity index (χ4n) is 3.50. The Bertz CT molecular complexity index is 253. The van der Waals surface area contributed by atoms with E-state index < -0.39 is 0 Å². The van der Waals surface area contributed by atoms with Crippen LogP contribution in [0.2, 0.25) is 0 Å². The standard InChI is InChI=1S/C10H16BO2/c1-9(2)6-4-7(9)8-10(3,5-6)13-11-12-8/h6-8H,4-5H2,1-3H3. The Morgan fingerprint density at radius 1 is 1.31 bits per heavy atom. The molecule has 2 bridgehead atoms. The maximum Gasteiger partial charge on any atom is 0.488 e. The molecule has 0 spiro atoms. The first-order valence-corrected chi connectivity index (χ1v) is 5.19. The van der Waals surface area contributed by atoms with Gasteiger partial charge in [0.05, 0.1) is 11.7 Å². The van der Waals surface area contributed by atoms with Crippen LogP contribution in [-0.2, 0) is 9.31 Å². The molecule has 3 saturated carbocycles. The average Bonchev–Trinajstić information content (AvgIpc) is 2.44. The Morgan fingerprint density at radius 2 is 2.08 bits per heavy atom. The molecule has 0 aromatic heterocycles. The van der Waals surface area contributed by atoms with Gasteiger partial charge in [0.25, 0.3) is 0 Å². The minimum atomic E-state index is -0.0108. The molecule has 4 aliphatic rings. The van der Waals surface area contributed by atoms with Gasteiger partial charge >= 0.3 is 7.69 Å². The largest absolute Gasteiger partial charge is 0.488 e. The van der Waals surface area contributed by atoms with Gasteiger partial charge in [0.15, 0.2) is 0 Å². The maximum absolute atomic E-state index is 5.60. The minimum Gasteiger partial charge on any atom is -0.407 e. The quantitative estimate of drug-likeness (QED) is 0.527. The van der Waals surface area contributed by atoms with Gasteiger partial charge in [-0.3, -0.25) is 0 Å². The number of hydrogen-bond donors (Lipinski definition) is 0. The van der Waals surface area contributed by atoms with Crippen LogP contribution in [-0.4, -0.2) is 19.4 Å². The van der Waals surface area contributed by atoms with Crippen LogP contribution in [0.5, 0.6) is 0 Å². The smallest absolute Gasteiger partial charge is 0.407 e. The summed E-state index contributed by atoms with van der Waals surface area (Å²) in [5.41, 5.74) is 0.467. The Kier molecular flexibility index (Phi) is 1.37. The highest BCUT2D eigenvalue weighted by molar-refractivity contribution is 6.19. The van der Waals surface area contributed by atoms with Crippen LogP contribution in [0.3, 0.4) is 0 Å². The molecule has 4 atom stereocenters. The van der Waals surface area contributed by atoms with Crippen LogP contribution in [0.25, 0.3) is 0 Å². The Hall–Kier alpha value is -0.0151. The number of hydrogen-bond acceptors (Lipinski definition) is 2. The van der Waals surface area contributed by atoms with Crippen molar-refractivity contribution in [2.45, 2.75) is 45.3 Å². The lowest BCUT2D eigenvalue weighted by atomic mass is 9.45. The highest BCUT2D eigenvalue weighted by Crippen LogP contribution is 2.64. The van der Waals surface area contributed by atoms with Gasteiger partial charge in [-0.2, -0.15) is 0 Å². The second-order valence-electron chi connectivity index (χ2n) is 5.65. The van der Waals surface area contributed by atoms with Crippen molar-refractivity contribution < 1.29 is 9.31 Å². The maximum atomic E-state index is 5.60. The third-order valence-corrected chi connectivity index (χ3v) is 4.68. The molecule has 0 N–H and O–H groups in total. The van der Waals surface area contributed by atoms with Gasteiger partial charge in [0.2, 0.25) is 0 Å². The molecule has 1 saturated heterocycles. The first-order valence-electron chi connectivity index (χ1n) is 5.19. The Labute approximate surface area is 80.3 Å². The summed E-state index contributed by atoms with van der Waals surface area (Å²) < 4.78 is 11.2. The van der Waals surface area contributed by atoms with Crippen LogP contribution >= 0.6 is 0 Å². The predicted octanol–water partition coefficient (Wildman–Crippen LogP) is 1.76. The van der Waals surface area contributed by atoms with Crippen LogP contribution < -0.4 is 0 Å². The first kappa shape index (κ1) is 8.31. The van der Waals surface area contributed by atoms with Gasteiger partial charge in [-0.05, 0) is 37.0 Å². The summed E-state index contributed by atoms with van der Waals surface area (Å²) in [7, 11) is 1.56. The van der Waals surface area contributed by atoms with Crippen molar-refractivity contribution in [2.24, 2.45) is 17.3 Å². The van der Waals surface area contributed by atoms with E-state index in [9.17, 15) is 0 Å². The molecule has 3 aliphatic carbocycles. The molecule has 1 radical (unpaired) electrons. The molecule has 3 heteroatoms. The second kappa shape index (κ2) is 2.14. The van der Waals surface area contributed by atoms with Crippen LogP contribution in [0.1, 0.15) is 33.6 Å². The van der Waals surface area contributed by atoms with Gasteiger partial charge in [-0.15, -0.1) is 0 Å². The van der Waals surface area contributed by atoms with Crippen molar-refractivity contribution in [3.8, 4) is 0 Å². The predicted molar refractivity (Wildman–Crippen MR) is 50.1 cm³/mol. The molecule has 71 valence electrons. The zero-order valence-corrected chi connectivity index (χ0v) is 8.54. The molecule has 2 nitrogen and oxygen atoms in total. The monoisotopic (exact) mass is 179 g/mol. The molecular weight excluding hydrogens is 163 g/mol. The van der Waals surface area contributed by atoms with Gasteiger partial charge in [-0.1, -0.05) is 13.8 Å². The van der Waals surface area contributed by atoms with E-state index in [2.05, 4.69) is 20.8 Å². The molecule has 4 unspecified atom stereocenters. The van der Waals surface area contributed by atoms with E-state index in [0.29, 0.717) is 17.4 Å². The van der Waals surface area contributed by atoms with E-state index in [1.165, 1.54) is 6.42 Å². The summed E-state index contributed by atoms with van der Waals surface area (Å²) in [5, 5.41) is 0. The van der Waals surface area contributed by atoms with Crippen molar-refractivity contribution in [3.05, 3.63) is 0 Å². The lowest BCUT2D eigenvalue weighted by Gasteiger charge is -2.63. The zero-order valence-electron chi connectivity index (χ0n) is 8.54. The molecule has 1 aliphatic heterocycles. The highest BCUT2D eigenvalue weighted by atomic mass is 16.6. The third kappa shape index (κ3) is 0.828. The summed E-state index contributed by atoms with van der Waals surface area (Å²) >= 11 is 0. The van der Waals surface area contributed by atoms with Gasteiger partial charge in [-0.25, -0.2) is 0 Å². The van der Waals surface area contributed by atoms with Gasteiger partial charge in [0.1, 0.15) is 0 Å². The Balaban J connectivity index is 1.94. The lowest BCUT2D eigenvalue weighted by molar-refractivity contribution is -0.185. The van der Waals surface area contributed by atoms with E-state index >= 15 is 0 Å². The first-order chi connectivity index (χ1) is 6.04. The van der Waals surface area contributed by atoms with Crippen LogP contribution in [0.4, 0.5) is 0 Å².